The van der Waals surface area contributed by atoms with Gasteiger partial charge in [0.2, 0.25) is 23.6 Å². The summed E-state index contributed by atoms with van der Waals surface area (Å²) in [6.07, 6.45) is 4.79. The largest absolute Gasteiger partial charge is 0.361 e. The predicted molar refractivity (Wildman–Crippen MR) is 158 cm³/mol. The number of fused-ring (bicyclic) bond motifs is 2. The van der Waals surface area contributed by atoms with Crippen LogP contribution in [0.1, 0.15) is 80.5 Å². The molecule has 4 amide bonds. The molecule has 0 saturated carbocycles. The molecule has 2 N–H and O–H groups in total. The van der Waals surface area contributed by atoms with E-state index in [4.69, 9.17) is 4.52 Å². The maximum Gasteiger partial charge on any atom is 0.250 e. The lowest BCUT2D eigenvalue weighted by molar-refractivity contribution is -0.143. The maximum absolute atomic E-state index is 13.8. The van der Waals surface area contributed by atoms with Crippen LogP contribution >= 0.6 is 0 Å². The zero-order chi connectivity index (χ0) is 30.3. The second-order valence-corrected chi connectivity index (χ2v) is 12.0. The van der Waals surface area contributed by atoms with Gasteiger partial charge in [-0.1, -0.05) is 43.3 Å². The molecule has 1 unspecified atom stereocenters. The van der Waals surface area contributed by atoms with E-state index in [1.807, 2.05) is 38.1 Å². The van der Waals surface area contributed by atoms with Crippen LogP contribution in [0.2, 0.25) is 0 Å². The van der Waals surface area contributed by atoms with Crippen LogP contribution in [0.25, 0.3) is 0 Å². The summed E-state index contributed by atoms with van der Waals surface area (Å²) in [6.45, 7) is 8.73. The molecule has 1 saturated heterocycles. The highest BCUT2D eigenvalue weighted by molar-refractivity contribution is 5.95. The number of carbonyl (C=O) groups is 4. The van der Waals surface area contributed by atoms with Crippen LogP contribution in [-0.4, -0.2) is 71.3 Å². The second-order valence-electron chi connectivity index (χ2n) is 12.0. The zero-order valence-corrected chi connectivity index (χ0v) is 25.5. The molecule has 1 aromatic carbocycles. The van der Waals surface area contributed by atoms with Gasteiger partial charge in [0.05, 0.1) is 18.8 Å². The summed E-state index contributed by atoms with van der Waals surface area (Å²) in [7, 11) is 0. The monoisotopic (exact) mass is 579 g/mol. The third kappa shape index (κ3) is 7.38. The number of rotatable bonds is 6. The number of nitrogens with one attached hydrogen (secondary N) is 2. The molecule has 10 heteroatoms. The lowest BCUT2D eigenvalue weighted by atomic mass is 9.75. The molecule has 228 valence electrons. The first-order valence-corrected chi connectivity index (χ1v) is 15.3. The van der Waals surface area contributed by atoms with Crippen LogP contribution < -0.4 is 10.6 Å². The van der Waals surface area contributed by atoms with E-state index < -0.39 is 5.54 Å². The summed E-state index contributed by atoms with van der Waals surface area (Å²) in [5, 5.41) is 10.1. The van der Waals surface area contributed by atoms with Gasteiger partial charge in [-0.05, 0) is 75.8 Å². The highest BCUT2D eigenvalue weighted by Gasteiger charge is 2.44. The van der Waals surface area contributed by atoms with Gasteiger partial charge < -0.3 is 25.0 Å². The summed E-state index contributed by atoms with van der Waals surface area (Å²) in [5.74, 6) is 0.00264. The van der Waals surface area contributed by atoms with Crippen LogP contribution in [-0.2, 0) is 37.6 Å². The van der Waals surface area contributed by atoms with E-state index in [1.165, 1.54) is 4.90 Å². The van der Waals surface area contributed by atoms with Crippen molar-refractivity contribution in [3.05, 3.63) is 52.4 Å². The molecule has 2 aromatic rings. The van der Waals surface area contributed by atoms with Crippen LogP contribution in [0.15, 0.2) is 28.8 Å². The first-order chi connectivity index (χ1) is 20.1. The summed E-state index contributed by atoms with van der Waals surface area (Å²) in [6, 6.07) is 7.78. The number of nitrogens with zero attached hydrogens (tertiary/aromatic N) is 3. The molecule has 1 atom stereocenters. The van der Waals surface area contributed by atoms with E-state index in [2.05, 4.69) is 29.6 Å². The van der Waals surface area contributed by atoms with Gasteiger partial charge in [0, 0.05) is 31.6 Å². The average molecular weight is 580 g/mol. The molecule has 42 heavy (non-hydrogen) atoms. The smallest absolute Gasteiger partial charge is 0.250 e. The SMILES string of the molecule is Cc1noc(C)c1CCC(=O)N1CCCCNC(=O)C2(CCCc3ccccc32)NC(=O)CN(CCC(C)C)C(=O)C1. The Hall–Kier alpha value is -3.69. The van der Waals surface area contributed by atoms with E-state index in [1.54, 1.807) is 4.90 Å². The van der Waals surface area contributed by atoms with Crippen molar-refractivity contribution in [2.75, 3.05) is 32.7 Å². The summed E-state index contributed by atoms with van der Waals surface area (Å²) in [4.78, 5) is 57.6. The van der Waals surface area contributed by atoms with Gasteiger partial charge in [0.15, 0.2) is 0 Å². The van der Waals surface area contributed by atoms with Crippen molar-refractivity contribution in [1.82, 2.24) is 25.6 Å². The van der Waals surface area contributed by atoms with Crippen molar-refractivity contribution in [3.63, 3.8) is 0 Å². The molecule has 0 radical (unpaired) electrons. The number of hydrogen-bond donors (Lipinski definition) is 2. The van der Waals surface area contributed by atoms with E-state index in [-0.39, 0.29) is 43.1 Å². The molecule has 1 aliphatic carbocycles. The Bertz CT molecular complexity index is 1270. The van der Waals surface area contributed by atoms with E-state index in [0.29, 0.717) is 63.4 Å². The fourth-order valence-electron chi connectivity index (χ4n) is 6.00. The van der Waals surface area contributed by atoms with Crippen LogP contribution in [0, 0.1) is 19.8 Å². The highest BCUT2D eigenvalue weighted by Crippen LogP contribution is 2.36. The van der Waals surface area contributed by atoms with Crippen LogP contribution in [0.5, 0.6) is 0 Å². The molecule has 10 nitrogen and oxygen atoms in total. The Balaban J connectivity index is 1.56. The standard InChI is InChI=1S/C32H45N5O5/c1-22(2)15-19-37-20-28(38)34-32(16-9-11-25-10-5-6-12-27(25)32)31(41)33-17-7-8-18-36(21-30(37)40)29(39)14-13-26-23(3)35-42-24(26)4/h5-6,10,12,22H,7-9,11,13-21H2,1-4H3,(H,33,41)(H,34,38). The van der Waals surface area contributed by atoms with Crippen molar-refractivity contribution in [2.24, 2.45) is 5.92 Å². The molecule has 2 aliphatic rings. The molecule has 2 heterocycles. The summed E-state index contributed by atoms with van der Waals surface area (Å²) >= 11 is 0. The summed E-state index contributed by atoms with van der Waals surface area (Å²) < 4.78 is 5.24. The van der Waals surface area contributed by atoms with Gasteiger partial charge >= 0.3 is 0 Å². The summed E-state index contributed by atoms with van der Waals surface area (Å²) in [5.41, 5.74) is 2.37. The van der Waals surface area contributed by atoms with Crippen molar-refractivity contribution in [2.45, 2.75) is 84.6 Å². The van der Waals surface area contributed by atoms with Crippen LogP contribution in [0.3, 0.4) is 0 Å². The highest BCUT2D eigenvalue weighted by atomic mass is 16.5. The fraction of sp³-hybridized carbons (Fsp3) is 0.594. The topological polar surface area (TPSA) is 125 Å². The second kappa shape index (κ2) is 14.0. The molecular weight excluding hydrogens is 534 g/mol. The van der Waals surface area contributed by atoms with Crippen molar-refractivity contribution >= 4 is 23.6 Å². The number of benzene rings is 1. The van der Waals surface area contributed by atoms with Gasteiger partial charge in [-0.3, -0.25) is 19.2 Å². The van der Waals surface area contributed by atoms with Gasteiger partial charge in [0.25, 0.3) is 0 Å². The van der Waals surface area contributed by atoms with Gasteiger partial charge in [-0.2, -0.15) is 0 Å². The average Bonchev–Trinajstić information content (AvgIpc) is 3.28. The third-order valence-corrected chi connectivity index (χ3v) is 8.47. The lowest BCUT2D eigenvalue weighted by Crippen LogP contribution is -2.60. The number of aromatic nitrogens is 1. The maximum atomic E-state index is 13.8. The molecule has 1 aliphatic heterocycles. The lowest BCUT2D eigenvalue weighted by Gasteiger charge is -2.39. The number of hydrogen-bond acceptors (Lipinski definition) is 6. The Morgan fingerprint density at radius 2 is 1.88 bits per heavy atom. The van der Waals surface area contributed by atoms with Gasteiger partial charge in [0.1, 0.15) is 11.3 Å². The first kappa shape index (κ1) is 31.3. The van der Waals surface area contributed by atoms with Crippen molar-refractivity contribution < 1.29 is 23.7 Å². The minimum Gasteiger partial charge on any atom is -0.361 e. The van der Waals surface area contributed by atoms with Crippen LogP contribution in [0.4, 0.5) is 0 Å². The number of aryl methyl sites for hydroxylation is 3. The molecule has 0 bridgehead atoms. The molecule has 1 aromatic heterocycles. The van der Waals surface area contributed by atoms with Gasteiger partial charge in [-0.25, -0.2) is 0 Å². The minimum absolute atomic E-state index is 0.0911. The first-order valence-electron chi connectivity index (χ1n) is 15.3. The van der Waals surface area contributed by atoms with Gasteiger partial charge in [-0.15, -0.1) is 0 Å². The number of amides is 4. The molecular formula is C32H45N5O5. The normalized spacial score (nSPS) is 20.7. The Labute approximate surface area is 248 Å². The Morgan fingerprint density at radius 3 is 2.62 bits per heavy atom. The number of carbonyl (C=O) groups excluding carboxylic acids is 4. The van der Waals surface area contributed by atoms with E-state index >= 15 is 0 Å². The zero-order valence-electron chi connectivity index (χ0n) is 25.5. The molecule has 1 fully saturated rings. The quantitative estimate of drug-likeness (QED) is 0.542. The molecule has 1 spiro atoms. The van der Waals surface area contributed by atoms with E-state index in [0.717, 1.165) is 35.2 Å². The fourth-order valence-corrected chi connectivity index (χ4v) is 6.00. The minimum atomic E-state index is -1.18. The predicted octanol–water partition coefficient (Wildman–Crippen LogP) is 3.19. The van der Waals surface area contributed by atoms with Crippen molar-refractivity contribution in [3.8, 4) is 0 Å². The molecule has 4 rings (SSSR count). The van der Waals surface area contributed by atoms with E-state index in [9.17, 15) is 19.2 Å². The Kier molecular flexibility index (Phi) is 10.4. The van der Waals surface area contributed by atoms with Crippen molar-refractivity contribution in [1.29, 1.82) is 0 Å². The third-order valence-electron chi connectivity index (χ3n) is 8.47. The Morgan fingerprint density at radius 1 is 1.10 bits per heavy atom.